The van der Waals surface area contributed by atoms with Gasteiger partial charge in [0.25, 0.3) is 0 Å². The van der Waals surface area contributed by atoms with Crippen LogP contribution in [0, 0.1) is 0 Å². The second kappa shape index (κ2) is 6.41. The Balaban J connectivity index is 1.45. The minimum absolute atomic E-state index is 0.429. The van der Waals surface area contributed by atoms with Crippen LogP contribution in [-0.2, 0) is 6.54 Å². The van der Waals surface area contributed by atoms with Crippen LogP contribution in [0.4, 0.5) is 5.82 Å². The number of imidazole rings is 1. The Morgan fingerprint density at radius 2 is 1.96 bits per heavy atom. The number of rotatable bonds is 4. The number of fused-ring (bicyclic) bond motifs is 2. The molecule has 5 aromatic rings. The van der Waals surface area contributed by atoms with Crippen molar-refractivity contribution in [3.8, 4) is 11.1 Å². The first-order valence-electron chi connectivity index (χ1n) is 8.54. The molecule has 0 aliphatic rings. The SMILES string of the molecule is Clc1cc(-c2c[nH]c3ncccc23)cc(NCc2nc3ccccc3[nH]2)n1. The molecule has 4 aromatic heterocycles. The van der Waals surface area contributed by atoms with E-state index in [1.807, 2.05) is 54.7 Å². The molecular formula is C20H15ClN6. The van der Waals surface area contributed by atoms with Gasteiger partial charge >= 0.3 is 0 Å². The molecule has 0 atom stereocenters. The average molecular weight is 375 g/mol. The highest BCUT2D eigenvalue weighted by Gasteiger charge is 2.10. The third-order valence-corrected chi connectivity index (χ3v) is 4.63. The van der Waals surface area contributed by atoms with Crippen molar-refractivity contribution in [1.82, 2.24) is 24.9 Å². The van der Waals surface area contributed by atoms with Crippen molar-refractivity contribution in [2.24, 2.45) is 0 Å². The zero-order chi connectivity index (χ0) is 18.2. The molecule has 132 valence electrons. The molecule has 6 nitrogen and oxygen atoms in total. The predicted molar refractivity (Wildman–Crippen MR) is 108 cm³/mol. The van der Waals surface area contributed by atoms with Crippen LogP contribution in [0.2, 0.25) is 5.15 Å². The van der Waals surface area contributed by atoms with Gasteiger partial charge in [0.1, 0.15) is 22.4 Å². The molecule has 0 radical (unpaired) electrons. The number of halogens is 1. The Hall–Kier alpha value is -3.38. The van der Waals surface area contributed by atoms with E-state index in [2.05, 4.69) is 30.2 Å². The fraction of sp³-hybridized carbons (Fsp3) is 0.0500. The van der Waals surface area contributed by atoms with Crippen LogP contribution in [0.25, 0.3) is 33.2 Å². The minimum Gasteiger partial charge on any atom is -0.363 e. The maximum Gasteiger partial charge on any atom is 0.137 e. The molecule has 0 aliphatic carbocycles. The van der Waals surface area contributed by atoms with Crippen molar-refractivity contribution in [3.63, 3.8) is 0 Å². The average Bonchev–Trinajstić information content (AvgIpc) is 3.29. The zero-order valence-electron chi connectivity index (χ0n) is 14.2. The van der Waals surface area contributed by atoms with Crippen LogP contribution in [0.3, 0.4) is 0 Å². The summed E-state index contributed by atoms with van der Waals surface area (Å²) in [7, 11) is 0. The van der Waals surface area contributed by atoms with Gasteiger partial charge in [0.05, 0.1) is 17.6 Å². The summed E-state index contributed by atoms with van der Waals surface area (Å²) in [6.07, 6.45) is 3.70. The molecule has 0 aliphatic heterocycles. The molecule has 3 N–H and O–H groups in total. The molecule has 4 heterocycles. The number of hydrogen-bond donors (Lipinski definition) is 3. The predicted octanol–water partition coefficient (Wildman–Crippen LogP) is 4.77. The summed E-state index contributed by atoms with van der Waals surface area (Å²) in [6.45, 7) is 0.525. The van der Waals surface area contributed by atoms with E-state index < -0.39 is 0 Å². The van der Waals surface area contributed by atoms with E-state index in [4.69, 9.17) is 11.6 Å². The Kier molecular flexibility index (Phi) is 3.76. The van der Waals surface area contributed by atoms with Crippen LogP contribution in [-0.4, -0.2) is 24.9 Å². The number of nitrogens with zero attached hydrogens (tertiary/aromatic N) is 3. The molecule has 0 saturated heterocycles. The first-order chi connectivity index (χ1) is 13.3. The number of para-hydroxylation sites is 2. The van der Waals surface area contributed by atoms with Gasteiger partial charge in [-0.15, -0.1) is 0 Å². The molecule has 0 bridgehead atoms. The van der Waals surface area contributed by atoms with Gasteiger partial charge in [-0.2, -0.15) is 0 Å². The first kappa shape index (κ1) is 15.8. The largest absolute Gasteiger partial charge is 0.363 e. The Morgan fingerprint density at radius 3 is 2.89 bits per heavy atom. The summed E-state index contributed by atoms with van der Waals surface area (Å²) in [5, 5.41) is 4.77. The number of nitrogens with one attached hydrogen (secondary N) is 3. The van der Waals surface area contributed by atoms with Gasteiger partial charge in [-0.05, 0) is 42.0 Å². The van der Waals surface area contributed by atoms with Gasteiger partial charge in [-0.1, -0.05) is 23.7 Å². The maximum absolute atomic E-state index is 6.26. The molecule has 7 heteroatoms. The van der Waals surface area contributed by atoms with Crippen LogP contribution in [0.15, 0.2) is 60.9 Å². The van der Waals surface area contributed by atoms with Gasteiger partial charge in [0.2, 0.25) is 0 Å². The summed E-state index contributed by atoms with van der Waals surface area (Å²) < 4.78 is 0. The lowest BCUT2D eigenvalue weighted by molar-refractivity contribution is 0.998. The highest BCUT2D eigenvalue weighted by Crippen LogP contribution is 2.30. The van der Waals surface area contributed by atoms with Crippen molar-refractivity contribution in [1.29, 1.82) is 0 Å². The Labute approximate surface area is 159 Å². The van der Waals surface area contributed by atoms with Gasteiger partial charge in [-0.25, -0.2) is 15.0 Å². The van der Waals surface area contributed by atoms with E-state index in [0.29, 0.717) is 17.5 Å². The van der Waals surface area contributed by atoms with Crippen molar-refractivity contribution < 1.29 is 0 Å². The number of anilines is 1. The van der Waals surface area contributed by atoms with Gasteiger partial charge in [-0.3, -0.25) is 0 Å². The first-order valence-corrected chi connectivity index (χ1v) is 8.92. The third-order valence-electron chi connectivity index (χ3n) is 4.43. The number of pyridine rings is 2. The molecule has 5 rings (SSSR count). The van der Waals surface area contributed by atoms with Crippen molar-refractivity contribution >= 4 is 39.5 Å². The molecule has 1 aromatic carbocycles. The smallest absolute Gasteiger partial charge is 0.137 e. The van der Waals surface area contributed by atoms with Gasteiger partial charge in [0.15, 0.2) is 0 Å². The quantitative estimate of drug-likeness (QED) is 0.396. The molecule has 0 unspecified atom stereocenters. The summed E-state index contributed by atoms with van der Waals surface area (Å²) in [5.41, 5.74) is 4.81. The minimum atomic E-state index is 0.429. The van der Waals surface area contributed by atoms with E-state index in [0.717, 1.165) is 39.0 Å². The molecule has 27 heavy (non-hydrogen) atoms. The molecule has 0 amide bonds. The van der Waals surface area contributed by atoms with Gasteiger partial charge < -0.3 is 15.3 Å². The second-order valence-electron chi connectivity index (χ2n) is 6.22. The van der Waals surface area contributed by atoms with Gasteiger partial charge in [0, 0.05) is 23.3 Å². The lowest BCUT2D eigenvalue weighted by Crippen LogP contribution is -2.03. The molecule has 0 spiro atoms. The van der Waals surface area contributed by atoms with Crippen molar-refractivity contribution in [2.45, 2.75) is 6.54 Å². The van der Waals surface area contributed by atoms with Crippen molar-refractivity contribution in [2.75, 3.05) is 5.32 Å². The lowest BCUT2D eigenvalue weighted by atomic mass is 10.1. The fourth-order valence-corrected chi connectivity index (χ4v) is 3.41. The standard InChI is InChI=1S/C20H15ClN6/c21-17-8-12(14-10-24-20-13(14)4-3-7-22-20)9-18(27-17)23-11-19-25-15-5-1-2-6-16(15)26-19/h1-10H,11H2,(H,22,24)(H,23,27)(H,25,26). The van der Waals surface area contributed by atoms with E-state index in [1.165, 1.54) is 0 Å². The Bertz CT molecular complexity index is 1220. The normalized spacial score (nSPS) is 11.3. The number of H-pyrrole nitrogens is 2. The summed E-state index contributed by atoms with van der Waals surface area (Å²) in [5.74, 6) is 1.53. The van der Waals surface area contributed by atoms with Crippen LogP contribution in [0.5, 0.6) is 0 Å². The highest BCUT2D eigenvalue weighted by molar-refractivity contribution is 6.29. The monoisotopic (exact) mass is 374 g/mol. The fourth-order valence-electron chi connectivity index (χ4n) is 3.20. The third kappa shape index (κ3) is 3.00. The molecule has 0 saturated carbocycles. The van der Waals surface area contributed by atoms with Crippen LogP contribution < -0.4 is 5.32 Å². The van der Waals surface area contributed by atoms with Crippen LogP contribution in [0.1, 0.15) is 5.82 Å². The second-order valence-corrected chi connectivity index (χ2v) is 6.61. The number of aromatic amines is 2. The maximum atomic E-state index is 6.26. The number of benzene rings is 1. The topological polar surface area (TPSA) is 82.3 Å². The number of hydrogen-bond acceptors (Lipinski definition) is 4. The molecule has 0 fully saturated rings. The summed E-state index contributed by atoms with van der Waals surface area (Å²) in [4.78, 5) is 19.8. The van der Waals surface area contributed by atoms with Crippen LogP contribution >= 0.6 is 11.6 Å². The highest BCUT2D eigenvalue weighted by atomic mass is 35.5. The lowest BCUT2D eigenvalue weighted by Gasteiger charge is -2.07. The summed E-state index contributed by atoms with van der Waals surface area (Å²) >= 11 is 6.26. The van der Waals surface area contributed by atoms with E-state index >= 15 is 0 Å². The zero-order valence-corrected chi connectivity index (χ0v) is 15.0. The van der Waals surface area contributed by atoms with E-state index in [-0.39, 0.29) is 0 Å². The van der Waals surface area contributed by atoms with E-state index in [1.54, 1.807) is 6.20 Å². The van der Waals surface area contributed by atoms with Crippen molar-refractivity contribution in [3.05, 3.63) is 71.9 Å². The Morgan fingerprint density at radius 1 is 1.04 bits per heavy atom. The molecular weight excluding hydrogens is 360 g/mol. The summed E-state index contributed by atoms with van der Waals surface area (Å²) in [6, 6.07) is 15.7. The van der Waals surface area contributed by atoms with E-state index in [9.17, 15) is 0 Å². The number of aromatic nitrogens is 5.